The molecule has 2 aromatic carbocycles. The molecule has 0 spiro atoms. The summed E-state index contributed by atoms with van der Waals surface area (Å²) >= 11 is 3.37. The first-order valence-corrected chi connectivity index (χ1v) is 10.2. The Hall–Kier alpha value is -2.93. The lowest BCUT2D eigenvalue weighted by Crippen LogP contribution is -2.25. The number of aryl methyl sites for hydroxylation is 2. The number of halogens is 1. The van der Waals surface area contributed by atoms with Crippen LogP contribution in [-0.4, -0.2) is 29.0 Å². The van der Waals surface area contributed by atoms with Crippen molar-refractivity contribution in [3.8, 4) is 11.3 Å². The molecule has 1 aromatic heterocycles. The van der Waals surface area contributed by atoms with Gasteiger partial charge in [-0.05, 0) is 50.6 Å². The SMILES string of the molecule is Cc1cc(C)cc(-c2cc(NCCCNC(=O)c3cccc(Br)c3)nc(N)n2)c1. The number of carbonyl (C=O) groups is 1. The van der Waals surface area contributed by atoms with Crippen molar-refractivity contribution in [3.05, 3.63) is 69.7 Å². The smallest absolute Gasteiger partial charge is 0.251 e. The summed E-state index contributed by atoms with van der Waals surface area (Å²) in [6, 6.07) is 15.5. The number of amides is 1. The number of anilines is 2. The van der Waals surface area contributed by atoms with Gasteiger partial charge in [0.05, 0.1) is 5.69 Å². The zero-order valence-corrected chi connectivity index (χ0v) is 18.1. The molecule has 6 nitrogen and oxygen atoms in total. The minimum Gasteiger partial charge on any atom is -0.370 e. The van der Waals surface area contributed by atoms with Crippen LogP contribution in [0.2, 0.25) is 0 Å². The van der Waals surface area contributed by atoms with Crippen LogP contribution in [0.1, 0.15) is 27.9 Å². The minimum atomic E-state index is -0.0883. The number of nitrogen functional groups attached to an aromatic ring is 1. The van der Waals surface area contributed by atoms with Crippen molar-refractivity contribution in [1.82, 2.24) is 15.3 Å². The van der Waals surface area contributed by atoms with E-state index in [-0.39, 0.29) is 11.9 Å². The van der Waals surface area contributed by atoms with Gasteiger partial charge in [-0.15, -0.1) is 0 Å². The Labute approximate surface area is 179 Å². The van der Waals surface area contributed by atoms with Crippen LogP contribution in [0, 0.1) is 13.8 Å². The molecule has 0 fully saturated rings. The number of carbonyl (C=O) groups excluding carboxylic acids is 1. The normalized spacial score (nSPS) is 10.6. The third-order valence-electron chi connectivity index (χ3n) is 4.29. The molecule has 7 heteroatoms. The molecule has 0 aliphatic carbocycles. The van der Waals surface area contributed by atoms with Gasteiger partial charge in [0.25, 0.3) is 5.91 Å². The molecule has 0 unspecified atom stereocenters. The molecule has 4 N–H and O–H groups in total. The average Bonchev–Trinajstić information content (AvgIpc) is 2.66. The van der Waals surface area contributed by atoms with E-state index in [9.17, 15) is 4.79 Å². The first kappa shape index (κ1) is 20.8. The first-order valence-electron chi connectivity index (χ1n) is 9.41. The molecule has 3 rings (SSSR count). The maximum Gasteiger partial charge on any atom is 0.251 e. The van der Waals surface area contributed by atoms with Crippen LogP contribution in [0.4, 0.5) is 11.8 Å². The third-order valence-corrected chi connectivity index (χ3v) is 4.79. The van der Waals surface area contributed by atoms with E-state index in [1.807, 2.05) is 18.2 Å². The second kappa shape index (κ2) is 9.52. The Balaban J connectivity index is 1.54. The number of rotatable bonds is 7. The zero-order chi connectivity index (χ0) is 20.8. The van der Waals surface area contributed by atoms with Gasteiger partial charge >= 0.3 is 0 Å². The topological polar surface area (TPSA) is 92.9 Å². The fourth-order valence-electron chi connectivity index (χ4n) is 3.07. The van der Waals surface area contributed by atoms with Crippen molar-refractivity contribution in [1.29, 1.82) is 0 Å². The van der Waals surface area contributed by atoms with Gasteiger partial charge in [-0.3, -0.25) is 4.79 Å². The molecule has 1 heterocycles. The van der Waals surface area contributed by atoms with Crippen LogP contribution in [0.3, 0.4) is 0 Å². The van der Waals surface area contributed by atoms with E-state index in [2.05, 4.69) is 68.6 Å². The fourth-order valence-corrected chi connectivity index (χ4v) is 3.46. The fraction of sp³-hybridized carbons (Fsp3) is 0.227. The molecular formula is C22H24BrN5O. The molecule has 3 aromatic rings. The van der Waals surface area contributed by atoms with Crippen LogP contribution in [-0.2, 0) is 0 Å². The van der Waals surface area contributed by atoms with Gasteiger partial charge in [0, 0.05) is 34.8 Å². The summed E-state index contributed by atoms with van der Waals surface area (Å²) in [5, 5.41) is 6.17. The number of nitrogens with two attached hydrogens (primary N) is 1. The molecular weight excluding hydrogens is 430 g/mol. The highest BCUT2D eigenvalue weighted by Crippen LogP contribution is 2.23. The number of benzene rings is 2. The second-order valence-corrected chi connectivity index (χ2v) is 7.84. The van der Waals surface area contributed by atoms with Gasteiger partial charge in [-0.2, -0.15) is 4.98 Å². The van der Waals surface area contributed by atoms with E-state index in [4.69, 9.17) is 5.73 Å². The van der Waals surface area contributed by atoms with Gasteiger partial charge < -0.3 is 16.4 Å². The number of nitrogens with one attached hydrogen (secondary N) is 2. The van der Waals surface area contributed by atoms with Gasteiger partial charge in [-0.25, -0.2) is 4.98 Å². The molecule has 1 amide bonds. The number of nitrogens with zero attached hydrogens (tertiary/aromatic N) is 2. The summed E-state index contributed by atoms with van der Waals surface area (Å²) in [4.78, 5) is 20.8. The van der Waals surface area contributed by atoms with Crippen LogP contribution in [0.5, 0.6) is 0 Å². The summed E-state index contributed by atoms with van der Waals surface area (Å²) in [6.45, 7) is 5.33. The van der Waals surface area contributed by atoms with Crippen LogP contribution < -0.4 is 16.4 Å². The van der Waals surface area contributed by atoms with Crippen LogP contribution in [0.15, 0.2) is 53.0 Å². The monoisotopic (exact) mass is 453 g/mol. The lowest BCUT2D eigenvalue weighted by molar-refractivity contribution is 0.0953. The van der Waals surface area contributed by atoms with E-state index in [0.29, 0.717) is 24.5 Å². The van der Waals surface area contributed by atoms with Crippen molar-refractivity contribution >= 4 is 33.6 Å². The lowest BCUT2D eigenvalue weighted by Gasteiger charge is -2.10. The Bertz CT molecular complexity index is 1000. The number of hydrogen-bond donors (Lipinski definition) is 3. The molecule has 0 aliphatic heterocycles. The predicted octanol–water partition coefficient (Wildman–Crippen LogP) is 4.34. The maximum absolute atomic E-state index is 12.1. The van der Waals surface area contributed by atoms with E-state index < -0.39 is 0 Å². The molecule has 150 valence electrons. The van der Waals surface area contributed by atoms with Gasteiger partial charge in [0.15, 0.2) is 0 Å². The molecule has 0 aliphatic rings. The van der Waals surface area contributed by atoms with Crippen molar-refractivity contribution in [2.45, 2.75) is 20.3 Å². The number of aromatic nitrogens is 2. The summed E-state index contributed by atoms with van der Waals surface area (Å²) in [5.41, 5.74) is 10.7. The van der Waals surface area contributed by atoms with Gasteiger partial charge in [0.1, 0.15) is 5.82 Å². The van der Waals surface area contributed by atoms with Crippen LogP contribution >= 0.6 is 15.9 Å². The van der Waals surface area contributed by atoms with E-state index in [1.165, 1.54) is 11.1 Å². The highest BCUT2D eigenvalue weighted by atomic mass is 79.9. The number of hydrogen-bond acceptors (Lipinski definition) is 5. The lowest BCUT2D eigenvalue weighted by atomic mass is 10.0. The molecule has 29 heavy (non-hydrogen) atoms. The van der Waals surface area contributed by atoms with Crippen molar-refractivity contribution in [2.24, 2.45) is 0 Å². The van der Waals surface area contributed by atoms with Gasteiger partial charge in [0.2, 0.25) is 5.95 Å². The quantitative estimate of drug-likeness (QED) is 0.462. The van der Waals surface area contributed by atoms with Crippen LogP contribution in [0.25, 0.3) is 11.3 Å². The molecule has 0 bridgehead atoms. The summed E-state index contributed by atoms with van der Waals surface area (Å²) in [6.07, 6.45) is 0.753. The van der Waals surface area contributed by atoms with Gasteiger partial charge in [-0.1, -0.05) is 39.2 Å². The highest BCUT2D eigenvalue weighted by molar-refractivity contribution is 9.10. The predicted molar refractivity (Wildman–Crippen MR) is 121 cm³/mol. The Morgan fingerprint density at radius 3 is 2.52 bits per heavy atom. The third kappa shape index (κ3) is 6.02. The maximum atomic E-state index is 12.1. The Morgan fingerprint density at radius 2 is 1.79 bits per heavy atom. The standard InChI is InChI=1S/C22H24BrN5O/c1-14-9-15(2)11-17(10-14)19-13-20(28-22(24)27-19)25-7-4-8-26-21(29)16-5-3-6-18(23)12-16/h3,5-6,9-13H,4,7-8H2,1-2H3,(H,26,29)(H3,24,25,27,28). The van der Waals surface area contributed by atoms with Crippen molar-refractivity contribution in [2.75, 3.05) is 24.1 Å². The van der Waals surface area contributed by atoms with E-state index in [1.54, 1.807) is 12.1 Å². The minimum absolute atomic E-state index is 0.0883. The Kier molecular flexibility index (Phi) is 6.82. The molecule has 0 radical (unpaired) electrons. The summed E-state index contributed by atoms with van der Waals surface area (Å²) in [7, 11) is 0. The summed E-state index contributed by atoms with van der Waals surface area (Å²) < 4.78 is 0.882. The molecule has 0 saturated heterocycles. The summed E-state index contributed by atoms with van der Waals surface area (Å²) in [5.74, 6) is 0.812. The molecule has 0 saturated carbocycles. The largest absolute Gasteiger partial charge is 0.370 e. The molecule has 0 atom stereocenters. The average molecular weight is 454 g/mol. The van der Waals surface area contributed by atoms with Crippen molar-refractivity contribution in [3.63, 3.8) is 0 Å². The van der Waals surface area contributed by atoms with E-state index in [0.717, 1.165) is 22.2 Å². The zero-order valence-electron chi connectivity index (χ0n) is 16.5. The Morgan fingerprint density at radius 1 is 1.03 bits per heavy atom. The van der Waals surface area contributed by atoms with Crippen molar-refractivity contribution < 1.29 is 4.79 Å². The second-order valence-electron chi connectivity index (χ2n) is 6.92. The highest BCUT2D eigenvalue weighted by Gasteiger charge is 2.07. The first-order chi connectivity index (χ1) is 13.9. The van der Waals surface area contributed by atoms with E-state index >= 15 is 0 Å².